The number of nitrogens with one attached hydrogen (secondary N) is 1. The molecule has 0 bridgehead atoms. The zero-order chi connectivity index (χ0) is 13.5. The largest absolute Gasteiger partial charge is 0.480 e. The molecular weight excluding hydrogens is 281 g/mol. The third kappa shape index (κ3) is 4.54. The maximum Gasteiger partial charge on any atom is 0.327 e. The Labute approximate surface area is 113 Å². The lowest BCUT2D eigenvalue weighted by Crippen LogP contribution is -2.37. The Morgan fingerprint density at radius 3 is 2.89 bits per heavy atom. The molecule has 0 radical (unpaired) electrons. The molecule has 0 aliphatic rings. The molecule has 0 saturated heterocycles. The number of carbonyl (C=O) groups excluding carboxylic acids is 1. The van der Waals surface area contributed by atoms with E-state index >= 15 is 0 Å². The van der Waals surface area contributed by atoms with E-state index in [1.807, 2.05) is 0 Å². The number of rotatable bonds is 7. The van der Waals surface area contributed by atoms with Crippen molar-refractivity contribution in [2.45, 2.75) is 11.8 Å². The maximum absolute atomic E-state index is 13.4. The van der Waals surface area contributed by atoms with E-state index in [4.69, 9.17) is 16.7 Å². The Morgan fingerprint density at radius 2 is 2.33 bits per heavy atom. The molecule has 4 nitrogen and oxygen atoms in total. The maximum atomic E-state index is 13.4. The summed E-state index contributed by atoms with van der Waals surface area (Å²) in [6.45, 7) is 0. The zero-order valence-corrected chi connectivity index (χ0v) is 10.8. The van der Waals surface area contributed by atoms with Gasteiger partial charge in [-0.05, 0) is 17.7 Å². The van der Waals surface area contributed by atoms with Crippen LogP contribution in [0, 0.1) is 5.82 Å². The van der Waals surface area contributed by atoms with Crippen molar-refractivity contribution in [1.29, 1.82) is 0 Å². The third-order valence-corrected chi connectivity index (χ3v) is 3.44. The van der Waals surface area contributed by atoms with Gasteiger partial charge < -0.3 is 10.4 Å². The fourth-order valence-electron chi connectivity index (χ4n) is 1.20. The molecule has 1 unspecified atom stereocenters. The second kappa shape index (κ2) is 7.23. The summed E-state index contributed by atoms with van der Waals surface area (Å²) in [4.78, 5) is 20.9. The van der Waals surface area contributed by atoms with Gasteiger partial charge in [-0.2, -0.15) is 11.8 Å². The predicted octanol–water partition coefficient (Wildman–Crippen LogP) is 1.91. The second-order valence-corrected chi connectivity index (χ2v) is 4.89. The Kier molecular flexibility index (Phi) is 5.94. The van der Waals surface area contributed by atoms with Crippen molar-refractivity contribution in [2.24, 2.45) is 0 Å². The summed E-state index contributed by atoms with van der Waals surface area (Å²) in [6.07, 6.45) is 0.336. The molecule has 7 heteroatoms. The number of amides is 1. The summed E-state index contributed by atoms with van der Waals surface area (Å²) in [5, 5.41) is 11.3. The van der Waals surface area contributed by atoms with Gasteiger partial charge in [0.25, 0.3) is 0 Å². The minimum atomic E-state index is -1.12. The fourth-order valence-corrected chi connectivity index (χ4v) is 2.40. The van der Waals surface area contributed by atoms with E-state index in [2.05, 4.69) is 5.32 Å². The normalized spacial score (nSPS) is 11.9. The number of halogens is 2. The van der Waals surface area contributed by atoms with Gasteiger partial charge in [0.05, 0.1) is 0 Å². The summed E-state index contributed by atoms with van der Waals surface area (Å²) in [7, 11) is 0. The lowest BCUT2D eigenvalue weighted by atomic mass is 10.2. The molecule has 0 heterocycles. The Morgan fingerprint density at radius 1 is 1.61 bits per heavy atom. The van der Waals surface area contributed by atoms with E-state index in [0.29, 0.717) is 22.7 Å². The van der Waals surface area contributed by atoms with Crippen molar-refractivity contribution in [1.82, 2.24) is 5.32 Å². The molecule has 0 aliphatic heterocycles. The molecule has 0 spiro atoms. The summed E-state index contributed by atoms with van der Waals surface area (Å²) in [5.74, 6) is -1.07. The highest BCUT2D eigenvalue weighted by atomic mass is 35.5. The van der Waals surface area contributed by atoms with Crippen LogP contribution in [0.3, 0.4) is 0 Å². The highest BCUT2D eigenvalue weighted by Crippen LogP contribution is 2.19. The van der Waals surface area contributed by atoms with Gasteiger partial charge in [-0.25, -0.2) is 9.18 Å². The van der Waals surface area contributed by atoms with Crippen molar-refractivity contribution in [3.63, 3.8) is 0 Å². The molecule has 0 saturated carbocycles. The van der Waals surface area contributed by atoms with Crippen LogP contribution in [0.2, 0.25) is 5.02 Å². The average Bonchev–Trinajstić information content (AvgIpc) is 2.30. The van der Waals surface area contributed by atoms with Crippen LogP contribution in [0.4, 0.5) is 4.39 Å². The van der Waals surface area contributed by atoms with Gasteiger partial charge in [0.2, 0.25) is 6.41 Å². The zero-order valence-electron chi connectivity index (χ0n) is 9.23. The number of carboxylic acid groups (broad SMARTS) is 1. The topological polar surface area (TPSA) is 66.4 Å². The SMILES string of the molecule is O=CNC(CSCc1ccc(Cl)cc1F)C(=O)O. The number of benzene rings is 1. The lowest BCUT2D eigenvalue weighted by molar-refractivity contribution is -0.139. The molecule has 2 N–H and O–H groups in total. The van der Waals surface area contributed by atoms with Gasteiger partial charge in [0, 0.05) is 16.5 Å². The van der Waals surface area contributed by atoms with Gasteiger partial charge in [-0.15, -0.1) is 0 Å². The van der Waals surface area contributed by atoms with Crippen molar-refractivity contribution in [3.05, 3.63) is 34.6 Å². The van der Waals surface area contributed by atoms with Crippen LogP contribution < -0.4 is 5.32 Å². The van der Waals surface area contributed by atoms with E-state index in [1.165, 1.54) is 17.8 Å². The number of thioether (sulfide) groups is 1. The first-order valence-corrected chi connectivity index (χ1v) is 6.52. The number of carboxylic acids is 1. The van der Waals surface area contributed by atoms with E-state index in [0.717, 1.165) is 0 Å². The molecule has 98 valence electrons. The van der Waals surface area contributed by atoms with Crippen LogP contribution >= 0.6 is 23.4 Å². The molecule has 1 atom stereocenters. The number of carbonyl (C=O) groups is 2. The van der Waals surface area contributed by atoms with Crippen LogP contribution in [0.1, 0.15) is 5.56 Å². The summed E-state index contributed by atoms with van der Waals surface area (Å²) in [5.41, 5.74) is 0.444. The minimum absolute atomic E-state index is 0.163. The van der Waals surface area contributed by atoms with Crippen LogP contribution in [-0.2, 0) is 15.3 Å². The summed E-state index contributed by atoms with van der Waals surface area (Å²) in [6, 6.07) is 3.35. The highest BCUT2D eigenvalue weighted by Gasteiger charge is 2.16. The van der Waals surface area contributed by atoms with E-state index in [-0.39, 0.29) is 5.75 Å². The molecule has 0 aliphatic carbocycles. The summed E-state index contributed by atoms with van der Waals surface area (Å²) >= 11 is 6.83. The first-order valence-electron chi connectivity index (χ1n) is 4.98. The van der Waals surface area contributed by atoms with Crippen LogP contribution in [-0.4, -0.2) is 29.3 Å². The lowest BCUT2D eigenvalue weighted by Gasteiger charge is -2.10. The van der Waals surface area contributed by atoms with Crippen molar-refractivity contribution >= 4 is 35.7 Å². The third-order valence-electron chi connectivity index (χ3n) is 2.12. The molecule has 1 aromatic carbocycles. The second-order valence-electron chi connectivity index (χ2n) is 3.43. The smallest absolute Gasteiger partial charge is 0.327 e. The first-order chi connectivity index (χ1) is 8.54. The molecule has 18 heavy (non-hydrogen) atoms. The number of aliphatic carboxylic acids is 1. The average molecular weight is 292 g/mol. The summed E-state index contributed by atoms with van der Waals surface area (Å²) < 4.78 is 13.4. The molecule has 0 aromatic heterocycles. The minimum Gasteiger partial charge on any atom is -0.480 e. The van der Waals surface area contributed by atoms with Gasteiger partial charge in [0.1, 0.15) is 11.9 Å². The van der Waals surface area contributed by atoms with Crippen molar-refractivity contribution in [3.8, 4) is 0 Å². The van der Waals surface area contributed by atoms with Gasteiger partial charge >= 0.3 is 5.97 Å². The standard InChI is InChI=1S/C11H11ClFNO3S/c12-8-2-1-7(9(13)3-8)4-18-5-10(11(16)17)14-6-15/h1-3,6,10H,4-5H2,(H,14,15)(H,16,17). The van der Waals surface area contributed by atoms with Crippen LogP contribution in [0.15, 0.2) is 18.2 Å². The van der Waals surface area contributed by atoms with Crippen LogP contribution in [0.5, 0.6) is 0 Å². The quantitative estimate of drug-likeness (QED) is 0.753. The van der Waals surface area contributed by atoms with E-state index < -0.39 is 17.8 Å². The van der Waals surface area contributed by atoms with Crippen LogP contribution in [0.25, 0.3) is 0 Å². The van der Waals surface area contributed by atoms with Gasteiger partial charge in [-0.3, -0.25) is 4.79 Å². The highest BCUT2D eigenvalue weighted by molar-refractivity contribution is 7.98. The van der Waals surface area contributed by atoms with Gasteiger partial charge in [-0.1, -0.05) is 17.7 Å². The van der Waals surface area contributed by atoms with E-state index in [1.54, 1.807) is 12.1 Å². The molecular formula is C11H11ClFNO3S. The Bertz CT molecular complexity index is 444. The molecule has 1 aromatic rings. The number of hydrogen-bond acceptors (Lipinski definition) is 3. The van der Waals surface area contributed by atoms with Gasteiger partial charge in [0.15, 0.2) is 0 Å². The molecule has 1 amide bonds. The fraction of sp³-hybridized carbons (Fsp3) is 0.273. The molecule has 0 fully saturated rings. The Hall–Kier alpha value is -1.27. The predicted molar refractivity (Wildman–Crippen MR) is 68.2 cm³/mol. The monoisotopic (exact) mass is 291 g/mol. The van der Waals surface area contributed by atoms with Crippen molar-refractivity contribution in [2.75, 3.05) is 5.75 Å². The van der Waals surface area contributed by atoms with Crippen molar-refractivity contribution < 1.29 is 19.1 Å². The van der Waals surface area contributed by atoms with E-state index in [9.17, 15) is 14.0 Å². The first kappa shape index (κ1) is 14.8. The molecule has 1 rings (SSSR count). The number of hydrogen-bond donors (Lipinski definition) is 2. The Balaban J connectivity index is 2.49.